The molecule has 20 heavy (non-hydrogen) atoms. The lowest BCUT2D eigenvalue weighted by Crippen LogP contribution is -2.10. The number of carbonyl (C=O) groups excluding carboxylic acids is 1. The normalized spacial score (nSPS) is 10.7. The highest BCUT2D eigenvalue weighted by Gasteiger charge is 2.14. The summed E-state index contributed by atoms with van der Waals surface area (Å²) in [5.74, 6) is -0.563. The number of oxazole rings is 1. The molecule has 0 spiro atoms. The number of aromatic nitrogens is 1. The van der Waals surface area contributed by atoms with E-state index < -0.39 is 11.8 Å². The molecule has 0 fully saturated rings. The first-order chi connectivity index (χ1) is 9.63. The van der Waals surface area contributed by atoms with Crippen molar-refractivity contribution in [1.82, 2.24) is 4.98 Å². The molecule has 0 N–H and O–H groups in total. The molecule has 1 aromatic heterocycles. The fourth-order valence-electron chi connectivity index (χ4n) is 1.87. The van der Waals surface area contributed by atoms with Gasteiger partial charge in [0.05, 0.1) is 5.56 Å². The van der Waals surface area contributed by atoms with Crippen LogP contribution in [0.15, 0.2) is 46.9 Å². The predicted molar refractivity (Wildman–Crippen MR) is 70.1 cm³/mol. The smallest absolute Gasteiger partial charge is 0.346 e. The van der Waals surface area contributed by atoms with E-state index in [1.165, 1.54) is 18.2 Å². The highest BCUT2D eigenvalue weighted by Crippen LogP contribution is 2.22. The summed E-state index contributed by atoms with van der Waals surface area (Å²) in [4.78, 5) is 16.0. The second kappa shape index (κ2) is 4.77. The van der Waals surface area contributed by atoms with Crippen LogP contribution in [-0.4, -0.2) is 11.0 Å². The Morgan fingerprint density at radius 2 is 2.05 bits per heavy atom. The van der Waals surface area contributed by atoms with Gasteiger partial charge in [-0.2, -0.15) is 0 Å². The van der Waals surface area contributed by atoms with Crippen LogP contribution in [-0.2, 0) is 0 Å². The van der Waals surface area contributed by atoms with E-state index in [1.807, 2.05) is 0 Å². The Hall–Kier alpha value is -2.69. The molecule has 0 aliphatic heterocycles. The Labute approximate surface area is 113 Å². The molecule has 0 radical (unpaired) electrons. The monoisotopic (exact) mass is 271 g/mol. The number of rotatable bonds is 2. The molecular formula is C15H10FNO3. The summed E-state index contributed by atoms with van der Waals surface area (Å²) in [5, 5.41) is 0. The van der Waals surface area contributed by atoms with E-state index in [0.29, 0.717) is 17.0 Å². The molecule has 0 bridgehead atoms. The van der Waals surface area contributed by atoms with Gasteiger partial charge >= 0.3 is 5.97 Å². The lowest BCUT2D eigenvalue weighted by atomic mass is 10.2. The van der Waals surface area contributed by atoms with E-state index in [1.54, 1.807) is 31.2 Å². The van der Waals surface area contributed by atoms with E-state index >= 15 is 0 Å². The van der Waals surface area contributed by atoms with Crippen molar-refractivity contribution < 1.29 is 18.3 Å². The van der Waals surface area contributed by atoms with Crippen LogP contribution >= 0.6 is 0 Å². The first kappa shape index (κ1) is 12.3. The van der Waals surface area contributed by atoms with Crippen molar-refractivity contribution in [2.45, 2.75) is 6.92 Å². The Kier molecular flexibility index (Phi) is 2.95. The van der Waals surface area contributed by atoms with Gasteiger partial charge in [0.2, 0.25) is 0 Å². The Bertz CT molecular complexity index is 795. The highest BCUT2D eigenvalue weighted by molar-refractivity contribution is 5.91. The van der Waals surface area contributed by atoms with Crippen molar-refractivity contribution in [3.63, 3.8) is 0 Å². The molecule has 0 aliphatic carbocycles. The van der Waals surface area contributed by atoms with Gasteiger partial charge in [-0.15, -0.1) is 0 Å². The molecule has 4 nitrogen and oxygen atoms in total. The molecule has 3 aromatic rings. The molecule has 0 atom stereocenters. The number of ether oxygens (including phenoxy) is 1. The zero-order valence-corrected chi connectivity index (χ0v) is 10.6. The standard InChI is InChI=1S/C15H10FNO3/c1-9-17-13-7-6-10(8-14(13)19-9)20-15(18)11-4-2-3-5-12(11)16/h2-8H,1H3. The maximum Gasteiger partial charge on any atom is 0.346 e. The summed E-state index contributed by atoms with van der Waals surface area (Å²) in [5.41, 5.74) is 1.08. The number of benzene rings is 2. The SMILES string of the molecule is Cc1nc2ccc(OC(=O)c3ccccc3F)cc2o1. The average Bonchev–Trinajstić information content (AvgIpc) is 2.78. The van der Waals surface area contributed by atoms with Crippen molar-refractivity contribution >= 4 is 17.1 Å². The minimum Gasteiger partial charge on any atom is -0.441 e. The van der Waals surface area contributed by atoms with Crippen LogP contribution in [0.2, 0.25) is 0 Å². The molecule has 0 aliphatic rings. The fraction of sp³-hybridized carbons (Fsp3) is 0.0667. The van der Waals surface area contributed by atoms with Crippen LogP contribution in [0, 0.1) is 12.7 Å². The fourth-order valence-corrected chi connectivity index (χ4v) is 1.87. The van der Waals surface area contributed by atoms with E-state index in [9.17, 15) is 9.18 Å². The summed E-state index contributed by atoms with van der Waals surface area (Å²) >= 11 is 0. The third kappa shape index (κ3) is 2.25. The average molecular weight is 271 g/mol. The predicted octanol–water partition coefficient (Wildman–Crippen LogP) is 3.49. The number of fused-ring (bicyclic) bond motifs is 1. The van der Waals surface area contributed by atoms with Gasteiger partial charge in [0.15, 0.2) is 11.5 Å². The molecule has 100 valence electrons. The van der Waals surface area contributed by atoms with Gasteiger partial charge in [-0.25, -0.2) is 14.2 Å². The van der Waals surface area contributed by atoms with E-state index in [4.69, 9.17) is 9.15 Å². The Morgan fingerprint density at radius 3 is 2.85 bits per heavy atom. The van der Waals surface area contributed by atoms with Gasteiger partial charge in [-0.1, -0.05) is 12.1 Å². The molecule has 0 saturated heterocycles. The van der Waals surface area contributed by atoms with Gasteiger partial charge in [-0.3, -0.25) is 0 Å². The molecule has 0 saturated carbocycles. The second-order valence-electron chi connectivity index (χ2n) is 4.23. The summed E-state index contributed by atoms with van der Waals surface area (Å²) in [6.07, 6.45) is 0. The first-order valence-electron chi connectivity index (χ1n) is 5.97. The van der Waals surface area contributed by atoms with Crippen molar-refractivity contribution in [1.29, 1.82) is 0 Å². The largest absolute Gasteiger partial charge is 0.441 e. The van der Waals surface area contributed by atoms with Crippen LogP contribution < -0.4 is 4.74 Å². The highest BCUT2D eigenvalue weighted by atomic mass is 19.1. The Balaban J connectivity index is 1.89. The Morgan fingerprint density at radius 1 is 1.25 bits per heavy atom. The minimum atomic E-state index is -0.751. The second-order valence-corrected chi connectivity index (χ2v) is 4.23. The van der Waals surface area contributed by atoms with Gasteiger partial charge < -0.3 is 9.15 Å². The summed E-state index contributed by atoms with van der Waals surface area (Å²) < 4.78 is 23.9. The number of halogens is 1. The molecule has 2 aromatic carbocycles. The van der Waals surface area contributed by atoms with Crippen molar-refractivity contribution in [2.24, 2.45) is 0 Å². The molecule has 1 heterocycles. The first-order valence-corrected chi connectivity index (χ1v) is 5.97. The molecule has 3 rings (SSSR count). The van der Waals surface area contributed by atoms with Crippen molar-refractivity contribution in [2.75, 3.05) is 0 Å². The van der Waals surface area contributed by atoms with Crippen LogP contribution in [0.3, 0.4) is 0 Å². The van der Waals surface area contributed by atoms with E-state index in [2.05, 4.69) is 4.98 Å². The lowest BCUT2D eigenvalue weighted by Gasteiger charge is -2.04. The van der Waals surface area contributed by atoms with Crippen LogP contribution in [0.4, 0.5) is 4.39 Å². The topological polar surface area (TPSA) is 52.3 Å². The van der Waals surface area contributed by atoms with Gasteiger partial charge in [0.1, 0.15) is 17.1 Å². The zero-order chi connectivity index (χ0) is 14.1. The van der Waals surface area contributed by atoms with Gasteiger partial charge in [-0.05, 0) is 24.3 Å². The minimum absolute atomic E-state index is 0.110. The number of aryl methyl sites for hydroxylation is 1. The third-order valence-corrected chi connectivity index (χ3v) is 2.77. The number of esters is 1. The quantitative estimate of drug-likeness (QED) is 0.529. The third-order valence-electron chi connectivity index (χ3n) is 2.77. The summed E-state index contributed by atoms with van der Waals surface area (Å²) in [6, 6.07) is 10.5. The number of nitrogens with zero attached hydrogens (tertiary/aromatic N) is 1. The van der Waals surface area contributed by atoms with Crippen LogP contribution in [0.5, 0.6) is 5.75 Å². The molecule has 0 amide bonds. The van der Waals surface area contributed by atoms with Crippen molar-refractivity contribution in [3.05, 3.63) is 59.7 Å². The van der Waals surface area contributed by atoms with Gasteiger partial charge in [0.25, 0.3) is 0 Å². The maximum absolute atomic E-state index is 13.5. The zero-order valence-electron chi connectivity index (χ0n) is 10.6. The van der Waals surface area contributed by atoms with Crippen LogP contribution in [0.25, 0.3) is 11.1 Å². The molecular weight excluding hydrogens is 261 g/mol. The number of hydrogen-bond donors (Lipinski definition) is 0. The van der Waals surface area contributed by atoms with E-state index in [0.717, 1.165) is 0 Å². The summed E-state index contributed by atoms with van der Waals surface area (Å²) in [7, 11) is 0. The van der Waals surface area contributed by atoms with Crippen molar-refractivity contribution in [3.8, 4) is 5.75 Å². The molecule has 0 unspecified atom stereocenters. The maximum atomic E-state index is 13.5. The lowest BCUT2D eigenvalue weighted by molar-refractivity contribution is 0.0730. The van der Waals surface area contributed by atoms with Gasteiger partial charge in [0, 0.05) is 13.0 Å². The van der Waals surface area contributed by atoms with E-state index in [-0.39, 0.29) is 11.3 Å². The number of carbonyl (C=O) groups is 1. The van der Waals surface area contributed by atoms with Crippen LogP contribution in [0.1, 0.15) is 16.2 Å². The number of hydrogen-bond acceptors (Lipinski definition) is 4. The summed E-state index contributed by atoms with van der Waals surface area (Å²) in [6.45, 7) is 1.73. The molecule has 5 heteroatoms.